The predicted molar refractivity (Wildman–Crippen MR) is 161 cm³/mol. The van der Waals surface area contributed by atoms with Gasteiger partial charge in [0, 0.05) is 41.5 Å². The number of pyridine rings is 2. The molecule has 1 aliphatic rings. The van der Waals surface area contributed by atoms with E-state index in [9.17, 15) is 9.59 Å². The summed E-state index contributed by atoms with van der Waals surface area (Å²) in [5, 5.41) is 0.154. The van der Waals surface area contributed by atoms with Crippen LogP contribution < -0.4 is 10.6 Å². The van der Waals surface area contributed by atoms with E-state index in [4.69, 9.17) is 11.8 Å². The quantitative estimate of drug-likeness (QED) is 0.300. The van der Waals surface area contributed by atoms with Crippen LogP contribution in [0.25, 0.3) is 34.1 Å². The van der Waals surface area contributed by atoms with Crippen molar-refractivity contribution in [1.82, 2.24) is 24.4 Å². The lowest BCUT2D eigenvalue weighted by Crippen LogP contribution is -2.54. The fourth-order valence-electron chi connectivity index (χ4n) is 5.28. The van der Waals surface area contributed by atoms with Crippen molar-refractivity contribution in [2.45, 2.75) is 39.6 Å². The van der Waals surface area contributed by atoms with Gasteiger partial charge in [-0.2, -0.15) is 4.98 Å². The summed E-state index contributed by atoms with van der Waals surface area (Å²) >= 11 is 0. The number of hydrogen-bond donors (Lipinski definition) is 0. The van der Waals surface area contributed by atoms with Crippen LogP contribution in [0.15, 0.2) is 66.6 Å². The molecule has 1 saturated heterocycles. The van der Waals surface area contributed by atoms with Crippen molar-refractivity contribution >= 4 is 28.8 Å². The summed E-state index contributed by atoms with van der Waals surface area (Å²) in [6.07, 6.45) is 3.86. The molecule has 1 atom stereocenters. The minimum Gasteiger partial charge on any atom is -0.350 e. The number of aryl methyl sites for hydroxylation is 1. The Bertz CT molecular complexity index is 1940. The summed E-state index contributed by atoms with van der Waals surface area (Å²) in [7, 11) is 0. The van der Waals surface area contributed by atoms with E-state index in [1.807, 2.05) is 25.7 Å². The van der Waals surface area contributed by atoms with Crippen LogP contribution in [0.5, 0.6) is 0 Å². The fraction of sp³-hybridized carbons (Fsp3) is 0.281. The van der Waals surface area contributed by atoms with Crippen LogP contribution in [0.4, 0.5) is 10.2 Å². The summed E-state index contributed by atoms with van der Waals surface area (Å²) in [4.78, 5) is 43.4. The van der Waals surface area contributed by atoms with Crippen LogP contribution in [0.2, 0.25) is 0 Å². The van der Waals surface area contributed by atoms with Crippen molar-refractivity contribution in [1.29, 1.82) is 0 Å². The maximum absolute atomic E-state index is 16.2. The first kappa shape index (κ1) is 22.1. The van der Waals surface area contributed by atoms with Gasteiger partial charge in [0.05, 0.1) is 19.5 Å². The van der Waals surface area contributed by atoms with Crippen molar-refractivity contribution in [2.24, 2.45) is 0 Å². The van der Waals surface area contributed by atoms with Crippen LogP contribution in [-0.2, 0) is 4.79 Å². The zero-order chi connectivity index (χ0) is 33.5. The average molecular weight is 558 g/mol. The van der Waals surface area contributed by atoms with Crippen molar-refractivity contribution in [3.63, 3.8) is 0 Å². The van der Waals surface area contributed by atoms with Crippen molar-refractivity contribution < 1.29 is 16.0 Å². The highest BCUT2D eigenvalue weighted by molar-refractivity contribution is 5.91. The number of fused-ring (bicyclic) bond motifs is 1. The smallest absolute Gasteiger partial charge is 0.350 e. The lowest BCUT2D eigenvalue weighted by Gasteiger charge is -2.40. The molecular weight excluding hydrogens is 519 g/mol. The minimum atomic E-state index is -2.65. The maximum Gasteiger partial charge on any atom is 0.355 e. The molecule has 4 aromatic rings. The molecule has 210 valence electrons. The minimum absolute atomic E-state index is 0.00107. The molecule has 9 heteroatoms. The first-order valence-electron chi connectivity index (χ1n) is 15.8. The Labute approximate surface area is 245 Å². The lowest BCUT2D eigenvalue weighted by atomic mass is 10.0. The van der Waals surface area contributed by atoms with Gasteiger partial charge in [-0.25, -0.2) is 18.7 Å². The Kier molecular flexibility index (Phi) is 5.96. The Morgan fingerprint density at radius 3 is 2.76 bits per heavy atom. The normalized spacial score (nSPS) is 17.4. The molecule has 5 rings (SSSR count). The maximum atomic E-state index is 16.2. The Morgan fingerprint density at radius 1 is 1.24 bits per heavy atom. The number of rotatable bonds is 6. The topological polar surface area (TPSA) is 84.2 Å². The standard InChI is InChI=1S/C32H33FN6O2/c1-7-22-11-9-10-12-23(22)28-25(33)17-24-30(38-16-15-37(18-21(38)6)26(40)8-2)36-32(41)39(31(24)35-28)29-20(5)13-14-34-27(29)19(3)4/h7-14,17,19,21H,1-2,15-16,18H2,3-6H3/t21-/m0/s1/i1D2,5D3. The van der Waals surface area contributed by atoms with Crippen LogP contribution >= 0.6 is 0 Å². The number of piperazine rings is 1. The van der Waals surface area contributed by atoms with Gasteiger partial charge in [0.25, 0.3) is 0 Å². The van der Waals surface area contributed by atoms with Gasteiger partial charge in [-0.3, -0.25) is 9.78 Å². The zero-order valence-corrected chi connectivity index (χ0v) is 23.1. The highest BCUT2D eigenvalue weighted by Gasteiger charge is 2.30. The van der Waals surface area contributed by atoms with E-state index in [1.165, 1.54) is 30.5 Å². The van der Waals surface area contributed by atoms with Crippen LogP contribution in [0.1, 0.15) is 50.4 Å². The van der Waals surface area contributed by atoms with E-state index in [2.05, 4.69) is 16.5 Å². The molecule has 4 heterocycles. The summed E-state index contributed by atoms with van der Waals surface area (Å²) < 4.78 is 57.5. The molecule has 1 amide bonds. The number of anilines is 1. The van der Waals surface area contributed by atoms with Gasteiger partial charge in [0.1, 0.15) is 17.3 Å². The molecule has 0 saturated carbocycles. The second-order valence-corrected chi connectivity index (χ2v) is 10.3. The van der Waals surface area contributed by atoms with Crippen molar-refractivity contribution in [3.05, 3.63) is 94.9 Å². The van der Waals surface area contributed by atoms with Gasteiger partial charge < -0.3 is 9.80 Å². The van der Waals surface area contributed by atoms with E-state index < -0.39 is 24.9 Å². The summed E-state index contributed by atoms with van der Waals surface area (Å²) in [5.41, 5.74) is -0.229. The Hall–Kier alpha value is -4.66. The number of carbonyl (C=O) groups excluding carboxylic acids is 1. The number of benzene rings is 1. The van der Waals surface area contributed by atoms with Crippen molar-refractivity contribution in [3.8, 4) is 16.9 Å². The van der Waals surface area contributed by atoms with Gasteiger partial charge >= 0.3 is 5.69 Å². The molecule has 0 spiro atoms. The van der Waals surface area contributed by atoms with E-state index >= 15 is 4.39 Å². The Morgan fingerprint density at radius 2 is 2.05 bits per heavy atom. The average Bonchev–Trinajstić information content (AvgIpc) is 2.99. The third-order valence-electron chi connectivity index (χ3n) is 7.28. The number of amides is 1. The van der Waals surface area contributed by atoms with Gasteiger partial charge in [-0.1, -0.05) is 57.3 Å². The van der Waals surface area contributed by atoms with E-state index in [0.717, 1.165) is 4.57 Å². The van der Waals surface area contributed by atoms with Crippen LogP contribution in [0.3, 0.4) is 0 Å². The summed E-state index contributed by atoms with van der Waals surface area (Å²) in [6, 6.07) is 8.76. The van der Waals surface area contributed by atoms with Crippen LogP contribution in [-0.4, -0.2) is 56.0 Å². The van der Waals surface area contributed by atoms with Crippen LogP contribution in [0, 0.1) is 12.7 Å². The SMILES string of the molecule is [2H]C([2H])=Cc1ccccc1-c1nc2c(cc1F)c(N1CCN(C(=O)C=C)C[C@@H]1C)nc(=O)n2-c1c(C([2H])([2H])[2H])ccnc1C(C)C. The van der Waals surface area contributed by atoms with Gasteiger partial charge in [-0.05, 0) is 49.0 Å². The molecule has 0 N–H and O–H groups in total. The molecule has 0 radical (unpaired) electrons. The number of halogens is 1. The summed E-state index contributed by atoms with van der Waals surface area (Å²) in [5.74, 6) is -1.15. The molecule has 8 nitrogen and oxygen atoms in total. The molecular formula is C32H33FN6O2. The molecule has 0 unspecified atom stereocenters. The van der Waals surface area contributed by atoms with E-state index in [-0.39, 0.29) is 63.8 Å². The first-order chi connectivity index (χ1) is 21.7. The molecule has 1 aliphatic heterocycles. The third kappa shape index (κ3) is 4.92. The van der Waals surface area contributed by atoms with E-state index in [0.29, 0.717) is 24.3 Å². The first-order valence-corrected chi connectivity index (χ1v) is 13.3. The lowest BCUT2D eigenvalue weighted by molar-refractivity contribution is -0.126. The van der Waals surface area contributed by atoms with Gasteiger partial charge in [0.15, 0.2) is 5.65 Å². The highest BCUT2D eigenvalue weighted by atomic mass is 19.1. The molecule has 0 aliphatic carbocycles. The third-order valence-corrected chi connectivity index (χ3v) is 7.28. The molecule has 1 fully saturated rings. The number of carbonyl (C=O) groups is 1. The number of aromatic nitrogens is 4. The molecule has 3 aromatic heterocycles. The number of hydrogen-bond acceptors (Lipinski definition) is 6. The predicted octanol–water partition coefficient (Wildman–Crippen LogP) is 5.28. The second-order valence-electron chi connectivity index (χ2n) is 10.3. The Balaban J connectivity index is 1.88. The monoisotopic (exact) mass is 557 g/mol. The number of nitrogens with zero attached hydrogens (tertiary/aromatic N) is 6. The summed E-state index contributed by atoms with van der Waals surface area (Å²) in [6.45, 7) is 6.79. The molecule has 41 heavy (non-hydrogen) atoms. The fourth-order valence-corrected chi connectivity index (χ4v) is 5.28. The molecule has 0 bridgehead atoms. The van der Waals surface area contributed by atoms with Gasteiger partial charge in [-0.15, -0.1) is 0 Å². The molecule has 1 aromatic carbocycles. The van der Waals surface area contributed by atoms with Crippen molar-refractivity contribution in [2.75, 3.05) is 24.5 Å². The largest absolute Gasteiger partial charge is 0.355 e. The highest BCUT2D eigenvalue weighted by Crippen LogP contribution is 2.34. The second kappa shape index (κ2) is 11.1. The zero-order valence-electron chi connectivity index (χ0n) is 28.1. The van der Waals surface area contributed by atoms with E-state index in [1.54, 1.807) is 29.2 Å². The van der Waals surface area contributed by atoms with Gasteiger partial charge in [0.2, 0.25) is 5.91 Å².